The van der Waals surface area contributed by atoms with E-state index in [2.05, 4.69) is 23.4 Å². The highest BCUT2D eigenvalue weighted by Crippen LogP contribution is 2.41. The summed E-state index contributed by atoms with van der Waals surface area (Å²) in [6.07, 6.45) is 6.58. The van der Waals surface area contributed by atoms with E-state index >= 15 is 0 Å². The molecule has 1 atom stereocenters. The molecule has 62 valence electrons. The van der Waals surface area contributed by atoms with Gasteiger partial charge in [0, 0.05) is 12.7 Å². The van der Waals surface area contributed by atoms with Gasteiger partial charge in [0.1, 0.15) is 5.66 Å². The molecule has 0 aromatic carbocycles. The fraction of sp³-hybridized carbons (Fsp3) is 0.750. The number of nitrogens with zero attached hydrogens (tertiary/aromatic N) is 1. The van der Waals surface area contributed by atoms with Crippen molar-refractivity contribution >= 4 is 0 Å². The van der Waals surface area contributed by atoms with Crippen molar-refractivity contribution in [2.45, 2.75) is 25.4 Å². The molecule has 2 aliphatic rings. The number of nitrogens with one attached hydrogen (secondary N) is 1. The number of hydrogen-bond acceptors (Lipinski definition) is 3. The number of rotatable bonds is 2. The number of hydrazine groups is 1. The quantitative estimate of drug-likeness (QED) is 0.603. The van der Waals surface area contributed by atoms with Gasteiger partial charge in [-0.2, -0.15) is 0 Å². The summed E-state index contributed by atoms with van der Waals surface area (Å²) in [5, 5.41) is 2.10. The standard InChI is InChI=1S/C8H15N3/c1-2-11-8(9,5-6-10-11)7-3-4-7/h5-7,10H,2-4,9H2,1H3. The van der Waals surface area contributed by atoms with Gasteiger partial charge in [-0.25, -0.2) is 5.01 Å². The van der Waals surface area contributed by atoms with Crippen LogP contribution in [-0.2, 0) is 0 Å². The molecule has 0 spiro atoms. The zero-order chi connectivity index (χ0) is 7.90. The van der Waals surface area contributed by atoms with E-state index < -0.39 is 0 Å². The minimum Gasteiger partial charge on any atom is -0.324 e. The van der Waals surface area contributed by atoms with E-state index in [1.54, 1.807) is 0 Å². The van der Waals surface area contributed by atoms with Crippen molar-refractivity contribution < 1.29 is 0 Å². The molecule has 3 N–H and O–H groups in total. The van der Waals surface area contributed by atoms with E-state index in [0.29, 0.717) is 5.92 Å². The predicted molar refractivity (Wildman–Crippen MR) is 44.3 cm³/mol. The normalized spacial score (nSPS) is 37.6. The molecule has 0 amide bonds. The lowest BCUT2D eigenvalue weighted by molar-refractivity contribution is 0.103. The molecule has 3 nitrogen and oxygen atoms in total. The summed E-state index contributed by atoms with van der Waals surface area (Å²) < 4.78 is 0. The van der Waals surface area contributed by atoms with Gasteiger partial charge in [0.15, 0.2) is 0 Å². The number of nitrogens with two attached hydrogens (primary N) is 1. The Kier molecular flexibility index (Phi) is 1.44. The molecule has 1 unspecified atom stereocenters. The Morgan fingerprint density at radius 3 is 3.00 bits per heavy atom. The average Bonchev–Trinajstić information content (AvgIpc) is 2.77. The van der Waals surface area contributed by atoms with Gasteiger partial charge in [0.05, 0.1) is 0 Å². The third kappa shape index (κ3) is 0.957. The van der Waals surface area contributed by atoms with E-state index in [0.717, 1.165) is 6.54 Å². The molecule has 1 heterocycles. The molecule has 1 fully saturated rings. The van der Waals surface area contributed by atoms with Crippen molar-refractivity contribution in [3.8, 4) is 0 Å². The molecule has 1 aliphatic carbocycles. The van der Waals surface area contributed by atoms with Crippen molar-refractivity contribution in [1.29, 1.82) is 0 Å². The van der Waals surface area contributed by atoms with Gasteiger partial charge in [-0.05, 0) is 24.8 Å². The smallest absolute Gasteiger partial charge is 0.110 e. The number of likely N-dealkylation sites (N-methyl/N-ethyl adjacent to an activating group) is 1. The second-order valence-corrected chi connectivity index (χ2v) is 3.37. The van der Waals surface area contributed by atoms with Crippen LogP contribution in [0.2, 0.25) is 0 Å². The summed E-state index contributed by atoms with van der Waals surface area (Å²) in [6.45, 7) is 3.07. The highest BCUT2D eigenvalue weighted by atomic mass is 15.6. The third-order valence-corrected chi connectivity index (χ3v) is 2.60. The Hall–Kier alpha value is -0.540. The summed E-state index contributed by atoms with van der Waals surface area (Å²) in [5.41, 5.74) is 9.16. The van der Waals surface area contributed by atoms with E-state index in [9.17, 15) is 0 Å². The fourth-order valence-corrected chi connectivity index (χ4v) is 1.73. The zero-order valence-electron chi connectivity index (χ0n) is 6.88. The van der Waals surface area contributed by atoms with Gasteiger partial charge in [-0.1, -0.05) is 6.92 Å². The van der Waals surface area contributed by atoms with Gasteiger partial charge in [-0.3, -0.25) is 0 Å². The first-order valence-electron chi connectivity index (χ1n) is 4.28. The maximum absolute atomic E-state index is 6.20. The van der Waals surface area contributed by atoms with Crippen LogP contribution in [0.1, 0.15) is 19.8 Å². The Bertz CT molecular complexity index is 186. The highest BCUT2D eigenvalue weighted by Gasteiger charge is 2.46. The van der Waals surface area contributed by atoms with Crippen molar-refractivity contribution in [3.05, 3.63) is 12.3 Å². The molecule has 0 aromatic rings. The van der Waals surface area contributed by atoms with Crippen LogP contribution in [0.3, 0.4) is 0 Å². The van der Waals surface area contributed by atoms with Gasteiger partial charge < -0.3 is 11.2 Å². The average molecular weight is 153 g/mol. The summed E-state index contributed by atoms with van der Waals surface area (Å²) in [6, 6.07) is 0. The maximum atomic E-state index is 6.20. The summed E-state index contributed by atoms with van der Waals surface area (Å²) in [5.74, 6) is 0.675. The van der Waals surface area contributed by atoms with Crippen LogP contribution in [0.25, 0.3) is 0 Å². The van der Waals surface area contributed by atoms with Crippen LogP contribution >= 0.6 is 0 Å². The zero-order valence-corrected chi connectivity index (χ0v) is 6.88. The lowest BCUT2D eigenvalue weighted by Crippen LogP contribution is -2.56. The fourth-order valence-electron chi connectivity index (χ4n) is 1.73. The van der Waals surface area contributed by atoms with Crippen molar-refractivity contribution in [2.24, 2.45) is 11.7 Å². The molecule has 2 rings (SSSR count). The molecule has 1 saturated carbocycles. The van der Waals surface area contributed by atoms with Crippen molar-refractivity contribution in [2.75, 3.05) is 6.54 Å². The summed E-state index contributed by atoms with van der Waals surface area (Å²) >= 11 is 0. The van der Waals surface area contributed by atoms with E-state index in [4.69, 9.17) is 5.73 Å². The summed E-state index contributed by atoms with van der Waals surface area (Å²) in [4.78, 5) is 0. The van der Waals surface area contributed by atoms with E-state index in [-0.39, 0.29) is 5.66 Å². The van der Waals surface area contributed by atoms with Crippen LogP contribution in [0.15, 0.2) is 12.3 Å². The third-order valence-electron chi connectivity index (χ3n) is 2.60. The Morgan fingerprint density at radius 1 is 1.73 bits per heavy atom. The molecule has 1 aliphatic heterocycles. The molecule has 0 aromatic heterocycles. The van der Waals surface area contributed by atoms with Crippen molar-refractivity contribution in [1.82, 2.24) is 10.4 Å². The molecule has 0 saturated heterocycles. The van der Waals surface area contributed by atoms with E-state index in [1.165, 1.54) is 12.8 Å². The maximum Gasteiger partial charge on any atom is 0.110 e. The van der Waals surface area contributed by atoms with Crippen molar-refractivity contribution in [3.63, 3.8) is 0 Å². The first kappa shape index (κ1) is 7.13. The van der Waals surface area contributed by atoms with Crippen LogP contribution in [0.5, 0.6) is 0 Å². The van der Waals surface area contributed by atoms with Crippen LogP contribution < -0.4 is 11.2 Å². The van der Waals surface area contributed by atoms with Crippen LogP contribution in [0.4, 0.5) is 0 Å². The highest BCUT2D eigenvalue weighted by molar-refractivity contribution is 5.14. The Balaban J connectivity index is 2.13. The molecular weight excluding hydrogens is 138 g/mol. The topological polar surface area (TPSA) is 41.3 Å². The first-order chi connectivity index (χ1) is 5.27. The van der Waals surface area contributed by atoms with Gasteiger partial charge >= 0.3 is 0 Å². The lowest BCUT2D eigenvalue weighted by atomic mass is 10.1. The SMILES string of the molecule is CCN1NC=CC1(N)C1CC1. The van der Waals surface area contributed by atoms with Crippen LogP contribution in [0, 0.1) is 5.92 Å². The molecule has 11 heavy (non-hydrogen) atoms. The lowest BCUT2D eigenvalue weighted by Gasteiger charge is -2.33. The second kappa shape index (κ2) is 2.22. The first-order valence-corrected chi connectivity index (χ1v) is 4.28. The largest absolute Gasteiger partial charge is 0.324 e. The minimum absolute atomic E-state index is 0.186. The minimum atomic E-state index is -0.186. The Labute approximate surface area is 67.2 Å². The van der Waals surface area contributed by atoms with Gasteiger partial charge in [0.2, 0.25) is 0 Å². The molecular formula is C8H15N3. The van der Waals surface area contributed by atoms with Crippen LogP contribution in [-0.4, -0.2) is 17.2 Å². The molecule has 0 bridgehead atoms. The Morgan fingerprint density at radius 2 is 2.45 bits per heavy atom. The number of hydrogen-bond donors (Lipinski definition) is 2. The summed E-state index contributed by atoms with van der Waals surface area (Å²) in [7, 11) is 0. The monoisotopic (exact) mass is 153 g/mol. The van der Waals surface area contributed by atoms with Gasteiger partial charge in [-0.15, -0.1) is 0 Å². The van der Waals surface area contributed by atoms with Gasteiger partial charge in [0.25, 0.3) is 0 Å². The molecule has 0 radical (unpaired) electrons. The molecule has 3 heteroatoms. The predicted octanol–water partition coefficient (Wildman–Crippen LogP) is 0.405. The second-order valence-electron chi connectivity index (χ2n) is 3.37. The van der Waals surface area contributed by atoms with E-state index in [1.807, 2.05) is 6.20 Å².